The molecule has 2 heterocycles. The largest absolute Gasteiger partial charge is 0.495 e. The fraction of sp³-hybridized carbons (Fsp3) is 0.545. The Morgan fingerprint density at radius 1 is 1.03 bits per heavy atom. The van der Waals surface area contributed by atoms with Gasteiger partial charge in [-0.15, -0.1) is 0 Å². The smallest absolute Gasteiger partial charge is 0.218 e. The lowest BCUT2D eigenvalue weighted by Gasteiger charge is -2.36. The Kier molecular flexibility index (Phi) is 6.79. The average Bonchev–Trinajstić information content (AvgIpc) is 2.92. The van der Waals surface area contributed by atoms with Crippen LogP contribution in [0.4, 0.5) is 11.4 Å². The molecule has 1 fully saturated rings. The molecule has 2 aromatic rings. The highest BCUT2D eigenvalue weighted by Gasteiger charge is 2.21. The van der Waals surface area contributed by atoms with Crippen LogP contribution in [0.1, 0.15) is 25.8 Å². The van der Waals surface area contributed by atoms with Crippen molar-refractivity contribution < 1.29 is 14.9 Å². The Balaban J connectivity index is 1.52. The summed E-state index contributed by atoms with van der Waals surface area (Å²) in [7, 11) is 1.71. The molecule has 3 rings (SSSR count). The van der Waals surface area contributed by atoms with Crippen LogP contribution in [0.2, 0.25) is 0 Å². The van der Waals surface area contributed by atoms with Gasteiger partial charge in [-0.25, -0.2) is 0 Å². The maximum Gasteiger partial charge on any atom is 0.218 e. The number of benzene rings is 1. The fourth-order valence-corrected chi connectivity index (χ4v) is 3.95. The molecule has 1 saturated heterocycles. The van der Waals surface area contributed by atoms with Crippen LogP contribution in [-0.2, 0) is 6.54 Å². The molecule has 7 nitrogen and oxygen atoms in total. The van der Waals surface area contributed by atoms with Crippen molar-refractivity contribution in [2.24, 2.45) is 0 Å². The molecular formula is C22H34N4O3. The molecule has 0 aliphatic carbocycles. The molecule has 29 heavy (non-hydrogen) atoms. The zero-order valence-corrected chi connectivity index (χ0v) is 18.0. The molecule has 0 amide bonds. The number of nitrogens with one attached hydrogen (secondary N) is 1. The minimum Gasteiger partial charge on any atom is -0.495 e. The first-order chi connectivity index (χ1) is 13.9. The molecule has 0 radical (unpaired) electrons. The molecule has 1 aliphatic rings. The van der Waals surface area contributed by atoms with Gasteiger partial charge in [0.1, 0.15) is 11.4 Å². The Hall–Kier alpha value is -2.54. The maximum absolute atomic E-state index is 10.5. The first-order valence-corrected chi connectivity index (χ1v) is 10.4. The maximum atomic E-state index is 10.5. The molecule has 0 bridgehead atoms. The number of aromatic hydroxyl groups is 2. The van der Waals surface area contributed by atoms with Gasteiger partial charge in [-0.1, -0.05) is 12.1 Å². The highest BCUT2D eigenvalue weighted by molar-refractivity contribution is 5.64. The fourth-order valence-electron chi connectivity index (χ4n) is 3.95. The van der Waals surface area contributed by atoms with Crippen LogP contribution in [-0.4, -0.2) is 65.6 Å². The van der Waals surface area contributed by atoms with Crippen molar-refractivity contribution in [3.63, 3.8) is 0 Å². The third kappa shape index (κ3) is 4.72. The van der Waals surface area contributed by atoms with Crippen LogP contribution in [0, 0.1) is 6.92 Å². The topological polar surface area (TPSA) is 73.1 Å². The third-order valence-electron chi connectivity index (χ3n) is 5.53. The monoisotopic (exact) mass is 402 g/mol. The molecule has 1 aliphatic heterocycles. The highest BCUT2D eigenvalue weighted by atomic mass is 16.5. The van der Waals surface area contributed by atoms with E-state index in [0.717, 1.165) is 50.6 Å². The standard InChI is InChI=1S/C22H34N4O3/c1-16(2)23-20-17(3)21(27)26(22(20)28)11-7-10-24-12-14-25(15-13-24)18-8-5-6-9-19(18)29-4/h5-6,8-9,16,23,27-28H,7,10-15H2,1-4H3. The molecule has 0 saturated carbocycles. The SMILES string of the molecule is COc1ccccc1N1CCN(CCCn2c(O)c(C)c(NC(C)C)c2O)CC1. The van der Waals surface area contributed by atoms with Gasteiger partial charge >= 0.3 is 0 Å². The van der Waals surface area contributed by atoms with E-state index in [9.17, 15) is 10.2 Å². The van der Waals surface area contributed by atoms with Gasteiger partial charge in [0.05, 0.1) is 12.8 Å². The number of nitrogens with zero attached hydrogens (tertiary/aromatic N) is 3. The van der Waals surface area contributed by atoms with Crippen LogP contribution >= 0.6 is 0 Å². The first kappa shape index (κ1) is 21.2. The summed E-state index contributed by atoms with van der Waals surface area (Å²) in [5.74, 6) is 1.18. The van der Waals surface area contributed by atoms with Crippen molar-refractivity contribution in [2.45, 2.75) is 39.8 Å². The van der Waals surface area contributed by atoms with Crippen molar-refractivity contribution in [2.75, 3.05) is 50.1 Å². The zero-order valence-electron chi connectivity index (χ0n) is 18.0. The van der Waals surface area contributed by atoms with Crippen molar-refractivity contribution >= 4 is 11.4 Å². The Labute approximate surface area is 173 Å². The zero-order chi connectivity index (χ0) is 21.0. The van der Waals surface area contributed by atoms with Crippen molar-refractivity contribution in [3.8, 4) is 17.5 Å². The van der Waals surface area contributed by atoms with Gasteiger partial charge in [0.25, 0.3) is 0 Å². The van der Waals surface area contributed by atoms with Gasteiger partial charge in [-0.05, 0) is 45.9 Å². The van der Waals surface area contributed by atoms with E-state index < -0.39 is 0 Å². The molecular weight excluding hydrogens is 368 g/mol. The predicted molar refractivity (Wildman–Crippen MR) is 118 cm³/mol. The van der Waals surface area contributed by atoms with E-state index in [2.05, 4.69) is 21.2 Å². The second-order valence-electron chi connectivity index (χ2n) is 7.95. The summed E-state index contributed by atoms with van der Waals surface area (Å²) in [6.07, 6.45) is 0.866. The van der Waals surface area contributed by atoms with Crippen LogP contribution in [0.5, 0.6) is 17.5 Å². The normalized spacial score (nSPS) is 15.1. The summed E-state index contributed by atoms with van der Waals surface area (Å²) < 4.78 is 7.09. The van der Waals surface area contributed by atoms with Crippen LogP contribution in [0.25, 0.3) is 0 Å². The summed E-state index contributed by atoms with van der Waals surface area (Å²) in [4.78, 5) is 4.80. The lowest BCUT2D eigenvalue weighted by molar-refractivity contribution is 0.246. The van der Waals surface area contributed by atoms with Gasteiger partial charge in [0, 0.05) is 44.3 Å². The van der Waals surface area contributed by atoms with Crippen molar-refractivity contribution in [1.29, 1.82) is 0 Å². The molecule has 0 spiro atoms. The van der Waals surface area contributed by atoms with Gasteiger partial charge < -0.3 is 25.2 Å². The lowest BCUT2D eigenvalue weighted by Crippen LogP contribution is -2.46. The third-order valence-corrected chi connectivity index (χ3v) is 5.53. The summed E-state index contributed by atoms with van der Waals surface area (Å²) in [5.41, 5.74) is 2.47. The number of hydrogen-bond donors (Lipinski definition) is 3. The van der Waals surface area contributed by atoms with E-state index >= 15 is 0 Å². The molecule has 160 valence electrons. The summed E-state index contributed by atoms with van der Waals surface area (Å²) >= 11 is 0. The quantitative estimate of drug-likeness (QED) is 0.630. The second-order valence-corrected chi connectivity index (χ2v) is 7.95. The van der Waals surface area contributed by atoms with Crippen LogP contribution in [0.3, 0.4) is 0 Å². The molecule has 0 atom stereocenters. The van der Waals surface area contributed by atoms with Gasteiger partial charge in [-0.2, -0.15) is 0 Å². The van der Waals surface area contributed by atoms with E-state index in [1.54, 1.807) is 11.7 Å². The number of anilines is 2. The van der Waals surface area contributed by atoms with Crippen LogP contribution in [0.15, 0.2) is 24.3 Å². The number of methoxy groups -OCH3 is 1. The Morgan fingerprint density at radius 2 is 1.72 bits per heavy atom. The number of rotatable bonds is 8. The number of piperazine rings is 1. The van der Waals surface area contributed by atoms with E-state index in [0.29, 0.717) is 17.8 Å². The minimum atomic E-state index is 0.120. The van der Waals surface area contributed by atoms with E-state index in [1.807, 2.05) is 39.0 Å². The van der Waals surface area contributed by atoms with Crippen molar-refractivity contribution in [3.05, 3.63) is 29.8 Å². The number of aromatic nitrogens is 1. The van der Waals surface area contributed by atoms with Gasteiger partial charge in [-0.3, -0.25) is 9.47 Å². The summed E-state index contributed by atoms with van der Waals surface area (Å²) in [5, 5.41) is 24.1. The molecule has 3 N–H and O–H groups in total. The number of para-hydroxylation sites is 2. The molecule has 0 unspecified atom stereocenters. The highest BCUT2D eigenvalue weighted by Crippen LogP contribution is 2.38. The second kappa shape index (κ2) is 9.31. The van der Waals surface area contributed by atoms with E-state index in [-0.39, 0.29) is 17.8 Å². The van der Waals surface area contributed by atoms with Gasteiger partial charge in [0.2, 0.25) is 5.88 Å². The van der Waals surface area contributed by atoms with E-state index in [1.165, 1.54) is 0 Å². The van der Waals surface area contributed by atoms with Crippen LogP contribution < -0.4 is 15.0 Å². The Bertz CT molecular complexity index is 811. The van der Waals surface area contributed by atoms with E-state index in [4.69, 9.17) is 4.74 Å². The Morgan fingerprint density at radius 3 is 2.38 bits per heavy atom. The number of hydrogen-bond acceptors (Lipinski definition) is 6. The van der Waals surface area contributed by atoms with Crippen molar-refractivity contribution in [1.82, 2.24) is 9.47 Å². The van der Waals surface area contributed by atoms with Gasteiger partial charge in [0.15, 0.2) is 5.88 Å². The average molecular weight is 403 g/mol. The summed E-state index contributed by atoms with van der Waals surface area (Å²) in [6, 6.07) is 8.34. The molecule has 1 aromatic carbocycles. The molecule has 1 aromatic heterocycles. The minimum absolute atomic E-state index is 0.120. The predicted octanol–water partition coefficient (Wildman–Crippen LogP) is 3.25. The summed E-state index contributed by atoms with van der Waals surface area (Å²) in [6.45, 7) is 11.3. The lowest BCUT2D eigenvalue weighted by atomic mass is 10.2. The molecule has 7 heteroatoms. The first-order valence-electron chi connectivity index (χ1n) is 10.4. The number of ether oxygens (including phenoxy) is 1.